The van der Waals surface area contributed by atoms with Gasteiger partial charge in [-0.05, 0) is 24.6 Å². The molecule has 0 aliphatic carbocycles. The van der Waals surface area contributed by atoms with Gasteiger partial charge in [0.15, 0.2) is 0 Å². The molecule has 0 fully saturated rings. The van der Waals surface area contributed by atoms with Crippen molar-refractivity contribution in [2.45, 2.75) is 20.0 Å². The van der Waals surface area contributed by atoms with E-state index in [0.29, 0.717) is 12.1 Å². The van der Waals surface area contributed by atoms with Crippen LogP contribution in [0.1, 0.15) is 23.6 Å². The van der Waals surface area contributed by atoms with E-state index < -0.39 is 17.1 Å². The number of hydrogen-bond acceptors (Lipinski definition) is 5. The molecule has 0 aliphatic heterocycles. The number of nitrogens with zero attached hydrogens (tertiary/aromatic N) is 3. The molecule has 3 N–H and O–H groups in total. The number of H-pyrrole nitrogens is 1. The Bertz CT molecular complexity index is 1180. The molecule has 3 aromatic rings. The van der Waals surface area contributed by atoms with Gasteiger partial charge in [0.05, 0.1) is 18.2 Å². The number of nitriles is 1. The van der Waals surface area contributed by atoms with Gasteiger partial charge in [-0.3, -0.25) is 14.3 Å². The highest BCUT2D eigenvalue weighted by molar-refractivity contribution is 5.62. The van der Waals surface area contributed by atoms with Crippen LogP contribution in [0.5, 0.6) is 0 Å². The van der Waals surface area contributed by atoms with Crippen molar-refractivity contribution in [1.29, 1.82) is 5.26 Å². The predicted molar refractivity (Wildman–Crippen MR) is 109 cm³/mol. The minimum atomic E-state index is -0.632. The number of halogens is 1. The zero-order valence-corrected chi connectivity index (χ0v) is 15.9. The molecule has 2 aromatic carbocycles. The molecular formula is C21H20FN5O2. The van der Waals surface area contributed by atoms with E-state index in [2.05, 4.69) is 4.98 Å². The monoisotopic (exact) mass is 393 g/mol. The van der Waals surface area contributed by atoms with Crippen LogP contribution in [0.15, 0.2) is 58.1 Å². The fourth-order valence-electron chi connectivity index (χ4n) is 3.11. The Hall–Kier alpha value is -3.86. The Morgan fingerprint density at radius 3 is 2.55 bits per heavy atom. The van der Waals surface area contributed by atoms with Gasteiger partial charge in [-0.25, -0.2) is 9.18 Å². The molecule has 1 aromatic heterocycles. The van der Waals surface area contributed by atoms with Crippen molar-refractivity contribution in [2.24, 2.45) is 0 Å². The topological polar surface area (TPSA) is 108 Å². The second-order valence-corrected chi connectivity index (χ2v) is 6.50. The first-order valence-electron chi connectivity index (χ1n) is 9.04. The van der Waals surface area contributed by atoms with Gasteiger partial charge in [0.2, 0.25) is 0 Å². The van der Waals surface area contributed by atoms with Crippen LogP contribution < -0.4 is 21.9 Å². The van der Waals surface area contributed by atoms with Crippen molar-refractivity contribution < 1.29 is 4.39 Å². The Morgan fingerprint density at radius 2 is 1.93 bits per heavy atom. The number of nitrogens with two attached hydrogens (primary N) is 1. The van der Waals surface area contributed by atoms with Gasteiger partial charge in [-0.1, -0.05) is 36.4 Å². The average Bonchev–Trinajstić information content (AvgIpc) is 2.72. The van der Waals surface area contributed by atoms with Gasteiger partial charge in [-0.2, -0.15) is 5.26 Å². The van der Waals surface area contributed by atoms with E-state index >= 15 is 0 Å². The van der Waals surface area contributed by atoms with Crippen LogP contribution in [0.3, 0.4) is 0 Å². The maximum absolute atomic E-state index is 14.3. The molecule has 0 radical (unpaired) electrons. The average molecular weight is 393 g/mol. The lowest BCUT2D eigenvalue weighted by Gasteiger charge is -2.25. The summed E-state index contributed by atoms with van der Waals surface area (Å²) in [5, 5.41) is 8.89. The number of hydrogen-bond donors (Lipinski definition) is 2. The van der Waals surface area contributed by atoms with Crippen molar-refractivity contribution in [3.05, 3.63) is 91.9 Å². The van der Waals surface area contributed by atoms with E-state index in [4.69, 9.17) is 11.0 Å². The van der Waals surface area contributed by atoms with Gasteiger partial charge >= 0.3 is 5.69 Å². The summed E-state index contributed by atoms with van der Waals surface area (Å²) in [6, 6.07) is 15.3. The Balaban J connectivity index is 2.02. The van der Waals surface area contributed by atoms with Crippen LogP contribution in [-0.4, -0.2) is 16.1 Å². The molecule has 7 nitrogen and oxygen atoms in total. The summed E-state index contributed by atoms with van der Waals surface area (Å²) in [5.41, 5.74) is 6.44. The Morgan fingerprint density at radius 1 is 1.21 bits per heavy atom. The van der Waals surface area contributed by atoms with E-state index in [9.17, 15) is 14.0 Å². The van der Waals surface area contributed by atoms with Crippen molar-refractivity contribution >= 4 is 11.5 Å². The zero-order chi connectivity index (χ0) is 21.0. The van der Waals surface area contributed by atoms with Crippen molar-refractivity contribution in [1.82, 2.24) is 9.55 Å². The number of aromatic amines is 1. The zero-order valence-electron chi connectivity index (χ0n) is 15.9. The molecule has 0 saturated carbocycles. The fraction of sp³-hybridized carbons (Fsp3) is 0.190. The molecular weight excluding hydrogens is 373 g/mol. The van der Waals surface area contributed by atoms with Crippen LogP contribution in [0.2, 0.25) is 0 Å². The largest absolute Gasteiger partial charge is 0.383 e. The maximum Gasteiger partial charge on any atom is 0.330 e. The highest BCUT2D eigenvalue weighted by Gasteiger charge is 2.19. The molecule has 0 atom stereocenters. The first-order valence-corrected chi connectivity index (χ1v) is 9.04. The van der Waals surface area contributed by atoms with Crippen molar-refractivity contribution in [2.75, 3.05) is 17.2 Å². The van der Waals surface area contributed by atoms with E-state index in [-0.39, 0.29) is 30.2 Å². The van der Waals surface area contributed by atoms with E-state index in [0.717, 1.165) is 11.6 Å². The van der Waals surface area contributed by atoms with Crippen LogP contribution in [0.4, 0.5) is 15.9 Å². The summed E-state index contributed by atoms with van der Waals surface area (Å²) in [7, 11) is 0. The lowest BCUT2D eigenvalue weighted by Crippen LogP contribution is -2.38. The number of aromatic nitrogens is 2. The molecule has 0 aliphatic rings. The molecule has 29 heavy (non-hydrogen) atoms. The van der Waals surface area contributed by atoms with Gasteiger partial charge in [0.1, 0.15) is 17.3 Å². The first-order chi connectivity index (χ1) is 13.9. The maximum atomic E-state index is 14.3. The Kier molecular flexibility index (Phi) is 5.79. The third-order valence-electron chi connectivity index (χ3n) is 4.64. The molecule has 1 heterocycles. The van der Waals surface area contributed by atoms with Crippen LogP contribution in [0, 0.1) is 17.1 Å². The smallest absolute Gasteiger partial charge is 0.330 e. The van der Waals surface area contributed by atoms with Crippen LogP contribution >= 0.6 is 0 Å². The standard InChI is InChI=1S/C21H20FN5O2/c1-2-26(13-16-9-8-15(11-23)10-17(16)22)18-19(24)27(21(29)25-20(18)28)12-14-6-4-3-5-7-14/h3-10H,2,12-13,24H2,1H3,(H,25,28,29). The number of benzene rings is 2. The summed E-state index contributed by atoms with van der Waals surface area (Å²) >= 11 is 0. The number of nitrogens with one attached hydrogen (secondary N) is 1. The van der Waals surface area contributed by atoms with Crippen molar-refractivity contribution in [3.63, 3.8) is 0 Å². The fourth-order valence-corrected chi connectivity index (χ4v) is 3.11. The SMILES string of the molecule is CCN(Cc1ccc(C#N)cc1F)c1c(N)n(Cc2ccccc2)c(=O)[nH]c1=O. The highest BCUT2D eigenvalue weighted by atomic mass is 19.1. The number of nitrogen functional groups attached to an aromatic ring is 1. The molecule has 148 valence electrons. The van der Waals surface area contributed by atoms with Gasteiger partial charge in [0.25, 0.3) is 5.56 Å². The van der Waals surface area contributed by atoms with E-state index in [1.165, 1.54) is 16.7 Å². The molecule has 0 amide bonds. The third-order valence-corrected chi connectivity index (χ3v) is 4.64. The lowest BCUT2D eigenvalue weighted by atomic mass is 10.1. The van der Waals surface area contributed by atoms with Gasteiger partial charge in [-0.15, -0.1) is 0 Å². The van der Waals surface area contributed by atoms with Crippen LogP contribution in [0.25, 0.3) is 0 Å². The molecule has 0 spiro atoms. The van der Waals surface area contributed by atoms with E-state index in [1.807, 2.05) is 36.4 Å². The molecule has 0 unspecified atom stereocenters. The quantitative estimate of drug-likeness (QED) is 0.668. The summed E-state index contributed by atoms with van der Waals surface area (Å²) in [6.45, 7) is 2.41. The first kappa shape index (κ1) is 19.9. The van der Waals surface area contributed by atoms with Gasteiger partial charge in [0, 0.05) is 18.7 Å². The third kappa shape index (κ3) is 4.19. The van der Waals surface area contributed by atoms with Crippen molar-refractivity contribution in [3.8, 4) is 6.07 Å². The molecule has 3 rings (SSSR count). The normalized spacial score (nSPS) is 10.5. The minimum Gasteiger partial charge on any atom is -0.383 e. The second-order valence-electron chi connectivity index (χ2n) is 6.50. The Labute approximate surface area is 166 Å². The lowest BCUT2D eigenvalue weighted by molar-refractivity contribution is 0.604. The summed E-state index contributed by atoms with van der Waals surface area (Å²) in [4.78, 5) is 28.7. The second kappa shape index (κ2) is 8.44. The molecule has 0 bridgehead atoms. The highest BCUT2D eigenvalue weighted by Crippen LogP contribution is 2.21. The summed E-state index contributed by atoms with van der Waals surface area (Å²) < 4.78 is 15.6. The summed E-state index contributed by atoms with van der Waals surface area (Å²) in [5.74, 6) is -0.534. The number of rotatable bonds is 6. The van der Waals surface area contributed by atoms with E-state index in [1.54, 1.807) is 11.8 Å². The van der Waals surface area contributed by atoms with Crippen LogP contribution in [-0.2, 0) is 13.1 Å². The summed E-state index contributed by atoms with van der Waals surface area (Å²) in [6.07, 6.45) is 0. The molecule has 0 saturated heterocycles. The minimum absolute atomic E-state index is 0.0125. The molecule has 8 heteroatoms. The van der Waals surface area contributed by atoms with Gasteiger partial charge < -0.3 is 10.6 Å². The predicted octanol–water partition coefficient (Wildman–Crippen LogP) is 2.20. The number of anilines is 2.